The number of hydrogen-bond acceptors (Lipinski definition) is 5. The summed E-state index contributed by atoms with van der Waals surface area (Å²) in [7, 11) is 1.37. The summed E-state index contributed by atoms with van der Waals surface area (Å²) in [6, 6.07) is 16.8. The molecule has 11 heteroatoms. The lowest BCUT2D eigenvalue weighted by Gasteiger charge is -2.21. The number of rotatable bonds is 10. The summed E-state index contributed by atoms with van der Waals surface area (Å²) in [6.07, 6.45) is -2.37. The Labute approximate surface area is 231 Å². The third kappa shape index (κ3) is 7.49. The van der Waals surface area contributed by atoms with Crippen molar-refractivity contribution in [2.45, 2.75) is 12.3 Å². The van der Waals surface area contributed by atoms with Crippen LogP contribution in [-0.2, 0) is 4.74 Å². The van der Waals surface area contributed by atoms with Gasteiger partial charge >= 0.3 is 12.1 Å². The van der Waals surface area contributed by atoms with Crippen LogP contribution in [0, 0.1) is 5.82 Å². The maximum atomic E-state index is 13.7. The van der Waals surface area contributed by atoms with E-state index in [0.717, 1.165) is 0 Å². The van der Waals surface area contributed by atoms with Gasteiger partial charge in [0.25, 0.3) is 0 Å². The van der Waals surface area contributed by atoms with Gasteiger partial charge in [0, 0.05) is 5.39 Å². The molecular formula is C29H22ClF4NO5. The van der Waals surface area contributed by atoms with Crippen molar-refractivity contribution in [3.8, 4) is 11.5 Å². The van der Waals surface area contributed by atoms with Gasteiger partial charge in [-0.25, -0.2) is 14.2 Å². The average molecular weight is 576 g/mol. The SMILES string of the molecule is COc1ccc(OCC(OCC(F)(F)F)c2cccc(/C=C/c3ccc4cc(F)c(Cl)cc4n3)c2)c(C(=O)O)c1. The van der Waals surface area contributed by atoms with E-state index >= 15 is 0 Å². The van der Waals surface area contributed by atoms with Crippen molar-refractivity contribution >= 4 is 40.6 Å². The van der Waals surface area contributed by atoms with Gasteiger partial charge in [0.2, 0.25) is 0 Å². The molecule has 0 saturated heterocycles. The molecule has 1 heterocycles. The molecule has 3 aromatic carbocycles. The van der Waals surface area contributed by atoms with Crippen molar-refractivity contribution in [2.75, 3.05) is 20.3 Å². The minimum absolute atomic E-state index is 0.0488. The number of alkyl halides is 3. The number of hydrogen-bond donors (Lipinski definition) is 1. The van der Waals surface area contributed by atoms with Crippen LogP contribution in [0.15, 0.2) is 66.7 Å². The van der Waals surface area contributed by atoms with Crippen molar-refractivity contribution in [1.82, 2.24) is 4.98 Å². The lowest BCUT2D eigenvalue weighted by molar-refractivity contribution is -0.188. The molecule has 1 N–H and O–H groups in total. The summed E-state index contributed by atoms with van der Waals surface area (Å²) in [4.78, 5) is 16.1. The minimum atomic E-state index is -4.59. The van der Waals surface area contributed by atoms with Gasteiger partial charge in [0.1, 0.15) is 42.2 Å². The van der Waals surface area contributed by atoms with Crippen LogP contribution < -0.4 is 9.47 Å². The smallest absolute Gasteiger partial charge is 0.411 e. The van der Waals surface area contributed by atoms with Gasteiger partial charge in [-0.2, -0.15) is 13.2 Å². The molecule has 0 saturated carbocycles. The number of nitrogens with zero attached hydrogens (tertiary/aromatic N) is 1. The quantitative estimate of drug-likeness (QED) is 0.196. The summed E-state index contributed by atoms with van der Waals surface area (Å²) < 4.78 is 68.4. The maximum absolute atomic E-state index is 13.7. The first kappa shape index (κ1) is 28.8. The zero-order chi connectivity index (χ0) is 28.9. The number of carboxylic acid groups (broad SMARTS) is 1. The Morgan fingerprint density at radius 1 is 1.07 bits per heavy atom. The first-order valence-electron chi connectivity index (χ1n) is 11.8. The summed E-state index contributed by atoms with van der Waals surface area (Å²) >= 11 is 5.86. The van der Waals surface area contributed by atoms with E-state index in [1.807, 2.05) is 0 Å². The van der Waals surface area contributed by atoms with Crippen LogP contribution in [0.1, 0.15) is 33.3 Å². The Balaban J connectivity index is 1.57. The second kappa shape index (κ2) is 12.4. The Morgan fingerprint density at radius 2 is 1.88 bits per heavy atom. The summed E-state index contributed by atoms with van der Waals surface area (Å²) in [5.41, 5.74) is 1.85. The molecule has 40 heavy (non-hydrogen) atoms. The molecule has 0 fully saturated rings. The number of benzene rings is 3. The fourth-order valence-electron chi connectivity index (χ4n) is 3.80. The number of halogens is 5. The van der Waals surface area contributed by atoms with E-state index in [9.17, 15) is 27.5 Å². The summed E-state index contributed by atoms with van der Waals surface area (Å²) in [5, 5.41) is 10.0. The standard InChI is InChI=1S/C29H22ClF4NO5/c1-38-21-9-10-26(22(13-21)28(36)37)39-15-27(40-16-29(32,33)34)19-4-2-3-17(11-19)5-7-20-8-6-18-12-24(31)23(30)14-25(18)35-20/h2-14,27H,15-16H2,1H3,(H,36,37)/b7-5+. The average Bonchev–Trinajstić information content (AvgIpc) is 2.92. The van der Waals surface area contributed by atoms with Crippen LogP contribution in [0.25, 0.3) is 23.1 Å². The van der Waals surface area contributed by atoms with Gasteiger partial charge in [-0.05, 0) is 59.7 Å². The number of ether oxygens (including phenoxy) is 3. The topological polar surface area (TPSA) is 77.9 Å². The highest BCUT2D eigenvalue weighted by Crippen LogP contribution is 2.29. The number of carbonyl (C=O) groups is 1. The normalized spacial score (nSPS) is 12.6. The molecular weight excluding hydrogens is 554 g/mol. The fraction of sp³-hybridized carbons (Fsp3) is 0.172. The molecule has 0 aliphatic rings. The van der Waals surface area contributed by atoms with Crippen molar-refractivity contribution in [2.24, 2.45) is 0 Å². The highest BCUT2D eigenvalue weighted by atomic mass is 35.5. The van der Waals surface area contributed by atoms with E-state index in [2.05, 4.69) is 4.98 Å². The highest BCUT2D eigenvalue weighted by molar-refractivity contribution is 6.31. The third-order valence-corrected chi connectivity index (χ3v) is 6.03. The molecule has 0 aliphatic carbocycles. The number of methoxy groups -OCH3 is 1. The van der Waals surface area contributed by atoms with Gasteiger partial charge in [-0.3, -0.25) is 0 Å². The fourth-order valence-corrected chi connectivity index (χ4v) is 3.96. The molecule has 1 atom stereocenters. The highest BCUT2D eigenvalue weighted by Gasteiger charge is 2.30. The predicted octanol–water partition coefficient (Wildman–Crippen LogP) is 7.60. The van der Waals surface area contributed by atoms with Gasteiger partial charge in [0.15, 0.2) is 0 Å². The van der Waals surface area contributed by atoms with E-state index in [4.69, 9.17) is 25.8 Å². The molecule has 1 unspecified atom stereocenters. The molecule has 0 amide bonds. The van der Waals surface area contributed by atoms with Gasteiger partial charge in [0.05, 0.1) is 23.3 Å². The predicted molar refractivity (Wildman–Crippen MR) is 142 cm³/mol. The zero-order valence-corrected chi connectivity index (χ0v) is 21.7. The Hall–Kier alpha value is -4.15. The van der Waals surface area contributed by atoms with E-state index in [1.54, 1.807) is 48.6 Å². The summed E-state index contributed by atoms with van der Waals surface area (Å²) in [6.45, 7) is -1.92. The first-order chi connectivity index (χ1) is 19.0. The van der Waals surface area contributed by atoms with E-state index in [0.29, 0.717) is 27.7 Å². The Bertz CT molecular complexity index is 1560. The monoisotopic (exact) mass is 575 g/mol. The summed E-state index contributed by atoms with van der Waals surface area (Å²) in [5.74, 6) is -1.60. The molecule has 0 radical (unpaired) electrons. The molecule has 0 aliphatic heterocycles. The van der Waals surface area contributed by atoms with E-state index < -0.39 is 30.7 Å². The molecule has 4 aromatic rings. The molecule has 1 aromatic heterocycles. The van der Waals surface area contributed by atoms with Crippen molar-refractivity contribution in [3.05, 3.63) is 100.0 Å². The van der Waals surface area contributed by atoms with Crippen molar-refractivity contribution < 1.29 is 41.7 Å². The minimum Gasteiger partial charge on any atom is -0.497 e. The molecule has 6 nitrogen and oxygen atoms in total. The van der Waals surface area contributed by atoms with E-state index in [1.165, 1.54) is 37.4 Å². The largest absolute Gasteiger partial charge is 0.497 e. The second-order valence-electron chi connectivity index (χ2n) is 8.59. The van der Waals surface area contributed by atoms with Crippen LogP contribution in [0.2, 0.25) is 5.02 Å². The van der Waals surface area contributed by atoms with Crippen molar-refractivity contribution in [3.63, 3.8) is 0 Å². The van der Waals surface area contributed by atoms with Crippen LogP contribution in [0.4, 0.5) is 17.6 Å². The number of aromatic carboxylic acids is 1. The van der Waals surface area contributed by atoms with Gasteiger partial charge in [-0.15, -0.1) is 0 Å². The zero-order valence-electron chi connectivity index (χ0n) is 20.9. The van der Waals surface area contributed by atoms with E-state index in [-0.39, 0.29) is 28.7 Å². The third-order valence-electron chi connectivity index (χ3n) is 5.74. The molecule has 0 spiro atoms. The first-order valence-corrected chi connectivity index (χ1v) is 12.2. The maximum Gasteiger partial charge on any atom is 0.411 e. The van der Waals surface area contributed by atoms with Crippen LogP contribution >= 0.6 is 11.6 Å². The van der Waals surface area contributed by atoms with Crippen LogP contribution in [0.5, 0.6) is 11.5 Å². The number of carboxylic acids is 1. The van der Waals surface area contributed by atoms with Gasteiger partial charge in [-0.1, -0.05) is 41.9 Å². The molecule has 4 rings (SSSR count). The van der Waals surface area contributed by atoms with Crippen molar-refractivity contribution in [1.29, 1.82) is 0 Å². The Kier molecular flexibility index (Phi) is 8.91. The molecule has 208 valence electrons. The number of pyridine rings is 1. The van der Waals surface area contributed by atoms with Gasteiger partial charge < -0.3 is 19.3 Å². The second-order valence-corrected chi connectivity index (χ2v) is 9.00. The Morgan fingerprint density at radius 3 is 2.60 bits per heavy atom. The van der Waals surface area contributed by atoms with Crippen LogP contribution in [0.3, 0.4) is 0 Å². The lowest BCUT2D eigenvalue weighted by Crippen LogP contribution is -2.23. The van der Waals surface area contributed by atoms with Crippen LogP contribution in [-0.4, -0.2) is 42.6 Å². The molecule has 0 bridgehead atoms. The lowest BCUT2D eigenvalue weighted by atomic mass is 10.1. The number of fused-ring (bicyclic) bond motifs is 1. The number of aromatic nitrogens is 1.